The van der Waals surface area contributed by atoms with Gasteiger partial charge < -0.3 is 15.8 Å². The molecule has 0 saturated carbocycles. The summed E-state index contributed by atoms with van der Waals surface area (Å²) in [4.78, 5) is 9.00. The molecule has 1 aromatic rings. The number of hydrogen-bond donors (Lipinski definition) is 2. The number of aromatic nitrogens is 1. The van der Waals surface area contributed by atoms with Crippen molar-refractivity contribution in [1.29, 1.82) is 0 Å². The van der Waals surface area contributed by atoms with Crippen molar-refractivity contribution in [1.82, 2.24) is 9.88 Å². The van der Waals surface area contributed by atoms with Gasteiger partial charge in [0.2, 0.25) is 0 Å². The second-order valence-electron chi connectivity index (χ2n) is 4.72. The highest BCUT2D eigenvalue weighted by molar-refractivity contribution is 5.95. The number of oxime groups is 1. The average Bonchev–Trinajstić information content (AvgIpc) is 2.48. The summed E-state index contributed by atoms with van der Waals surface area (Å²) in [5.74, 6) is 0.0410. The van der Waals surface area contributed by atoms with Crippen molar-refractivity contribution in [2.75, 3.05) is 37.6 Å². The molecule has 0 amide bonds. The Morgan fingerprint density at radius 2 is 2.11 bits per heavy atom. The summed E-state index contributed by atoms with van der Waals surface area (Å²) in [6.45, 7) is 7.61. The van der Waals surface area contributed by atoms with E-state index >= 15 is 0 Å². The molecule has 0 aromatic carbocycles. The van der Waals surface area contributed by atoms with Crippen LogP contribution in [-0.4, -0.2) is 53.7 Å². The Kier molecular flexibility index (Phi) is 4.57. The highest BCUT2D eigenvalue weighted by Gasteiger charge is 2.16. The van der Waals surface area contributed by atoms with Gasteiger partial charge in [-0.1, -0.05) is 12.1 Å². The van der Waals surface area contributed by atoms with E-state index in [0.717, 1.165) is 31.9 Å². The Balaban J connectivity index is 1.96. The zero-order valence-corrected chi connectivity index (χ0v) is 11.3. The summed E-state index contributed by atoms with van der Waals surface area (Å²) in [5.41, 5.74) is 7.08. The van der Waals surface area contributed by atoms with Gasteiger partial charge in [0.1, 0.15) is 5.69 Å². The van der Waals surface area contributed by atoms with Crippen LogP contribution in [0.2, 0.25) is 0 Å². The second kappa shape index (κ2) is 6.38. The molecule has 6 heteroatoms. The third kappa shape index (κ3) is 3.35. The SMILES string of the molecule is CCCN1CCN(c2ccc(/C(N)=N/O)nc2)CC1. The smallest absolute Gasteiger partial charge is 0.188 e. The van der Waals surface area contributed by atoms with Gasteiger partial charge in [-0.05, 0) is 25.1 Å². The van der Waals surface area contributed by atoms with Crippen LogP contribution in [-0.2, 0) is 0 Å². The molecule has 1 aliphatic heterocycles. The lowest BCUT2D eigenvalue weighted by atomic mass is 10.2. The molecule has 1 fully saturated rings. The predicted octanol–water partition coefficient (Wildman–Crippen LogP) is 0.708. The first-order chi connectivity index (χ1) is 9.24. The molecule has 2 rings (SSSR count). The standard InChI is InChI=1S/C13H21N5O/c1-2-5-17-6-8-18(9-7-17)11-3-4-12(15-10-11)13(14)16-19/h3-4,10,19H,2,5-9H2,1H3,(H2,14,16). The number of hydrogen-bond acceptors (Lipinski definition) is 5. The van der Waals surface area contributed by atoms with Gasteiger partial charge in [-0.2, -0.15) is 0 Å². The minimum absolute atomic E-state index is 0.0410. The Bertz CT molecular complexity index is 423. The van der Waals surface area contributed by atoms with Crippen molar-refractivity contribution >= 4 is 11.5 Å². The third-order valence-electron chi connectivity index (χ3n) is 3.40. The number of piperazine rings is 1. The third-order valence-corrected chi connectivity index (χ3v) is 3.40. The summed E-state index contributed by atoms with van der Waals surface area (Å²) in [7, 11) is 0. The normalized spacial score (nSPS) is 17.7. The molecule has 1 aliphatic rings. The molecule has 6 nitrogen and oxygen atoms in total. The van der Waals surface area contributed by atoms with Crippen LogP contribution in [0.3, 0.4) is 0 Å². The fourth-order valence-electron chi connectivity index (χ4n) is 2.32. The van der Waals surface area contributed by atoms with E-state index in [2.05, 4.69) is 26.9 Å². The van der Waals surface area contributed by atoms with Gasteiger partial charge in [0.05, 0.1) is 11.9 Å². The minimum atomic E-state index is 0.0410. The van der Waals surface area contributed by atoms with Crippen molar-refractivity contribution in [3.63, 3.8) is 0 Å². The number of anilines is 1. The first-order valence-corrected chi connectivity index (χ1v) is 6.66. The minimum Gasteiger partial charge on any atom is -0.409 e. The van der Waals surface area contributed by atoms with Gasteiger partial charge in [0, 0.05) is 26.2 Å². The molecule has 104 valence electrons. The topological polar surface area (TPSA) is 78.0 Å². The van der Waals surface area contributed by atoms with Crippen molar-refractivity contribution < 1.29 is 5.21 Å². The maximum atomic E-state index is 8.59. The monoisotopic (exact) mass is 263 g/mol. The Labute approximate surface area is 113 Å². The Morgan fingerprint density at radius 1 is 1.37 bits per heavy atom. The highest BCUT2D eigenvalue weighted by Crippen LogP contribution is 2.15. The number of nitrogens with zero attached hydrogens (tertiary/aromatic N) is 4. The summed E-state index contributed by atoms with van der Waals surface area (Å²) in [6.07, 6.45) is 2.98. The maximum absolute atomic E-state index is 8.59. The molecule has 0 bridgehead atoms. The molecule has 19 heavy (non-hydrogen) atoms. The number of pyridine rings is 1. The number of nitrogens with two attached hydrogens (primary N) is 1. The predicted molar refractivity (Wildman–Crippen MR) is 75.7 cm³/mol. The van der Waals surface area contributed by atoms with E-state index < -0.39 is 0 Å². The lowest BCUT2D eigenvalue weighted by molar-refractivity contribution is 0.258. The Morgan fingerprint density at radius 3 is 2.63 bits per heavy atom. The van der Waals surface area contributed by atoms with Gasteiger partial charge in [-0.15, -0.1) is 0 Å². The molecule has 0 radical (unpaired) electrons. The van der Waals surface area contributed by atoms with E-state index in [9.17, 15) is 0 Å². The first kappa shape index (κ1) is 13.6. The van der Waals surface area contributed by atoms with E-state index in [0.29, 0.717) is 5.69 Å². The fourth-order valence-corrected chi connectivity index (χ4v) is 2.32. The van der Waals surface area contributed by atoms with Crippen molar-refractivity contribution in [3.05, 3.63) is 24.0 Å². The van der Waals surface area contributed by atoms with Crippen LogP contribution >= 0.6 is 0 Å². The van der Waals surface area contributed by atoms with E-state index in [1.807, 2.05) is 6.07 Å². The molecule has 2 heterocycles. The Hall–Kier alpha value is -1.82. The lowest BCUT2D eigenvalue weighted by Gasteiger charge is -2.35. The molecule has 1 saturated heterocycles. The molecule has 3 N–H and O–H groups in total. The van der Waals surface area contributed by atoms with Crippen molar-refractivity contribution in [2.24, 2.45) is 10.9 Å². The maximum Gasteiger partial charge on any atom is 0.188 e. The van der Waals surface area contributed by atoms with Crippen LogP contribution in [0.4, 0.5) is 5.69 Å². The van der Waals surface area contributed by atoms with E-state index in [-0.39, 0.29) is 5.84 Å². The van der Waals surface area contributed by atoms with Crippen LogP contribution in [0.25, 0.3) is 0 Å². The zero-order valence-electron chi connectivity index (χ0n) is 11.3. The second-order valence-corrected chi connectivity index (χ2v) is 4.72. The fraction of sp³-hybridized carbons (Fsp3) is 0.538. The van der Waals surface area contributed by atoms with Crippen molar-refractivity contribution in [2.45, 2.75) is 13.3 Å². The molecule has 0 atom stereocenters. The molecule has 1 aromatic heterocycles. The summed E-state index contributed by atoms with van der Waals surface area (Å²) < 4.78 is 0. The van der Waals surface area contributed by atoms with Gasteiger partial charge in [0.15, 0.2) is 5.84 Å². The van der Waals surface area contributed by atoms with E-state index in [1.165, 1.54) is 13.0 Å². The molecule has 0 aliphatic carbocycles. The molecular formula is C13H21N5O. The lowest BCUT2D eigenvalue weighted by Crippen LogP contribution is -2.46. The van der Waals surface area contributed by atoms with Crippen molar-refractivity contribution in [3.8, 4) is 0 Å². The van der Waals surface area contributed by atoms with Crippen LogP contribution in [0.15, 0.2) is 23.5 Å². The summed E-state index contributed by atoms with van der Waals surface area (Å²) >= 11 is 0. The first-order valence-electron chi connectivity index (χ1n) is 6.66. The quantitative estimate of drug-likeness (QED) is 0.362. The van der Waals surface area contributed by atoms with Crippen LogP contribution in [0.1, 0.15) is 19.0 Å². The number of amidine groups is 1. The van der Waals surface area contributed by atoms with E-state index in [4.69, 9.17) is 10.9 Å². The van der Waals surface area contributed by atoms with Crippen LogP contribution in [0.5, 0.6) is 0 Å². The van der Waals surface area contributed by atoms with Gasteiger partial charge in [-0.3, -0.25) is 9.88 Å². The van der Waals surface area contributed by atoms with Crippen LogP contribution in [0, 0.1) is 0 Å². The van der Waals surface area contributed by atoms with Crippen LogP contribution < -0.4 is 10.6 Å². The molecule has 0 unspecified atom stereocenters. The van der Waals surface area contributed by atoms with E-state index in [1.54, 1.807) is 12.3 Å². The summed E-state index contributed by atoms with van der Waals surface area (Å²) in [6, 6.07) is 3.75. The molecular weight excluding hydrogens is 242 g/mol. The highest BCUT2D eigenvalue weighted by atomic mass is 16.4. The number of rotatable bonds is 4. The zero-order chi connectivity index (χ0) is 13.7. The largest absolute Gasteiger partial charge is 0.409 e. The van der Waals surface area contributed by atoms with Gasteiger partial charge in [0.25, 0.3) is 0 Å². The molecule has 0 spiro atoms. The average molecular weight is 263 g/mol. The summed E-state index contributed by atoms with van der Waals surface area (Å²) in [5, 5.41) is 11.5. The van der Waals surface area contributed by atoms with Gasteiger partial charge >= 0.3 is 0 Å². The van der Waals surface area contributed by atoms with Gasteiger partial charge in [-0.25, -0.2) is 0 Å².